The normalized spacial score (nSPS) is 24.6. The van der Waals surface area contributed by atoms with Gasteiger partial charge in [-0.2, -0.15) is 0 Å². The van der Waals surface area contributed by atoms with E-state index in [4.69, 9.17) is 4.74 Å². The van der Waals surface area contributed by atoms with Crippen LogP contribution in [0, 0.1) is 17.7 Å². The number of fused-ring (bicyclic) bond motifs is 1. The molecular weight excluding hydrogens is 231 g/mol. The SMILES string of the molecule is CC(C)CC(C)C1CC(O)c2ccc(F)cc2O1. The van der Waals surface area contributed by atoms with Crippen LogP contribution < -0.4 is 4.74 Å². The average Bonchev–Trinajstić information content (AvgIpc) is 2.27. The maximum atomic E-state index is 13.2. The maximum absolute atomic E-state index is 13.2. The molecule has 2 nitrogen and oxygen atoms in total. The molecule has 100 valence electrons. The number of ether oxygens (including phenoxy) is 1. The smallest absolute Gasteiger partial charge is 0.128 e. The Kier molecular flexibility index (Phi) is 3.91. The van der Waals surface area contributed by atoms with Gasteiger partial charge in [0.2, 0.25) is 0 Å². The van der Waals surface area contributed by atoms with Crippen molar-refractivity contribution in [2.45, 2.75) is 45.8 Å². The van der Waals surface area contributed by atoms with Crippen molar-refractivity contribution in [1.82, 2.24) is 0 Å². The van der Waals surface area contributed by atoms with Gasteiger partial charge in [0.1, 0.15) is 17.7 Å². The molecule has 0 amide bonds. The van der Waals surface area contributed by atoms with E-state index in [9.17, 15) is 9.50 Å². The second kappa shape index (κ2) is 5.27. The molecular formula is C15H21FO2. The molecule has 3 unspecified atom stereocenters. The van der Waals surface area contributed by atoms with E-state index in [1.54, 1.807) is 6.07 Å². The summed E-state index contributed by atoms with van der Waals surface area (Å²) in [4.78, 5) is 0. The summed E-state index contributed by atoms with van der Waals surface area (Å²) in [6, 6.07) is 4.34. The Bertz CT molecular complexity index is 417. The first-order valence-corrected chi connectivity index (χ1v) is 6.61. The highest BCUT2D eigenvalue weighted by atomic mass is 19.1. The van der Waals surface area contributed by atoms with E-state index < -0.39 is 6.10 Å². The van der Waals surface area contributed by atoms with Crippen LogP contribution in [0.1, 0.15) is 45.3 Å². The number of hydrogen-bond donors (Lipinski definition) is 1. The molecule has 1 aromatic rings. The van der Waals surface area contributed by atoms with Crippen LogP contribution in [-0.4, -0.2) is 11.2 Å². The topological polar surface area (TPSA) is 29.5 Å². The molecule has 1 aromatic carbocycles. The quantitative estimate of drug-likeness (QED) is 0.889. The molecule has 1 heterocycles. The Hall–Kier alpha value is -1.09. The highest BCUT2D eigenvalue weighted by Crippen LogP contribution is 2.38. The molecule has 0 fully saturated rings. The fourth-order valence-corrected chi connectivity index (χ4v) is 2.69. The number of aliphatic hydroxyl groups is 1. The average molecular weight is 252 g/mol. The Morgan fingerprint density at radius 1 is 1.39 bits per heavy atom. The predicted octanol–water partition coefficient (Wildman–Crippen LogP) is 3.69. The Morgan fingerprint density at radius 3 is 2.78 bits per heavy atom. The minimum atomic E-state index is -0.547. The molecule has 0 aliphatic carbocycles. The lowest BCUT2D eigenvalue weighted by Gasteiger charge is -2.33. The molecule has 18 heavy (non-hydrogen) atoms. The van der Waals surface area contributed by atoms with E-state index in [2.05, 4.69) is 20.8 Å². The Balaban J connectivity index is 2.16. The van der Waals surface area contributed by atoms with Gasteiger partial charge in [0.25, 0.3) is 0 Å². The second-order valence-corrected chi connectivity index (χ2v) is 5.70. The van der Waals surface area contributed by atoms with Gasteiger partial charge in [-0.3, -0.25) is 0 Å². The van der Waals surface area contributed by atoms with Crippen molar-refractivity contribution in [3.05, 3.63) is 29.6 Å². The lowest BCUT2D eigenvalue weighted by molar-refractivity contribution is 0.0329. The summed E-state index contributed by atoms with van der Waals surface area (Å²) in [5.41, 5.74) is 0.699. The maximum Gasteiger partial charge on any atom is 0.128 e. The van der Waals surface area contributed by atoms with Crippen molar-refractivity contribution < 1.29 is 14.2 Å². The first-order chi connectivity index (χ1) is 8.47. The van der Waals surface area contributed by atoms with Crippen LogP contribution in [0.25, 0.3) is 0 Å². The van der Waals surface area contributed by atoms with Gasteiger partial charge in [0.15, 0.2) is 0 Å². The van der Waals surface area contributed by atoms with Gasteiger partial charge >= 0.3 is 0 Å². The molecule has 1 N–H and O–H groups in total. The third kappa shape index (κ3) is 2.83. The molecule has 0 radical (unpaired) electrons. The van der Waals surface area contributed by atoms with Crippen LogP contribution in [0.5, 0.6) is 5.75 Å². The molecule has 0 aromatic heterocycles. The highest BCUT2D eigenvalue weighted by molar-refractivity contribution is 5.37. The molecule has 3 atom stereocenters. The van der Waals surface area contributed by atoms with Gasteiger partial charge in [0, 0.05) is 18.1 Å². The zero-order valence-corrected chi connectivity index (χ0v) is 11.2. The summed E-state index contributed by atoms with van der Waals surface area (Å²) in [7, 11) is 0. The van der Waals surface area contributed by atoms with Gasteiger partial charge in [-0.25, -0.2) is 4.39 Å². The summed E-state index contributed by atoms with van der Waals surface area (Å²) in [5.74, 6) is 1.12. The van der Waals surface area contributed by atoms with E-state index in [1.165, 1.54) is 12.1 Å². The van der Waals surface area contributed by atoms with Crippen LogP contribution in [-0.2, 0) is 0 Å². The third-order valence-electron chi connectivity index (χ3n) is 3.55. The van der Waals surface area contributed by atoms with E-state index in [-0.39, 0.29) is 11.9 Å². The third-order valence-corrected chi connectivity index (χ3v) is 3.55. The Morgan fingerprint density at radius 2 is 2.11 bits per heavy atom. The number of halogens is 1. The molecule has 1 aliphatic heterocycles. The van der Waals surface area contributed by atoms with Crippen LogP contribution in [0.4, 0.5) is 4.39 Å². The van der Waals surface area contributed by atoms with E-state index in [0.29, 0.717) is 29.6 Å². The van der Waals surface area contributed by atoms with E-state index in [0.717, 1.165) is 6.42 Å². The number of hydrogen-bond acceptors (Lipinski definition) is 2. The van der Waals surface area contributed by atoms with E-state index >= 15 is 0 Å². The summed E-state index contributed by atoms with van der Waals surface area (Å²) in [6.07, 6.45) is 1.06. The first kappa shape index (κ1) is 13.3. The van der Waals surface area contributed by atoms with Gasteiger partial charge < -0.3 is 9.84 Å². The molecule has 0 saturated carbocycles. The van der Waals surface area contributed by atoms with Gasteiger partial charge in [-0.05, 0) is 30.4 Å². The van der Waals surface area contributed by atoms with Crippen LogP contribution >= 0.6 is 0 Å². The van der Waals surface area contributed by atoms with Crippen molar-refractivity contribution in [3.8, 4) is 5.75 Å². The van der Waals surface area contributed by atoms with Crippen molar-refractivity contribution in [2.75, 3.05) is 0 Å². The van der Waals surface area contributed by atoms with Crippen molar-refractivity contribution in [1.29, 1.82) is 0 Å². The number of rotatable bonds is 3. The lowest BCUT2D eigenvalue weighted by Crippen LogP contribution is -2.32. The second-order valence-electron chi connectivity index (χ2n) is 5.70. The Labute approximate surface area is 108 Å². The van der Waals surface area contributed by atoms with Crippen LogP contribution in [0.15, 0.2) is 18.2 Å². The molecule has 2 rings (SSSR count). The van der Waals surface area contributed by atoms with Gasteiger partial charge in [0.05, 0.1) is 6.10 Å². The molecule has 1 aliphatic rings. The molecule has 0 spiro atoms. The predicted molar refractivity (Wildman–Crippen MR) is 69.0 cm³/mol. The summed E-state index contributed by atoms with van der Waals surface area (Å²) < 4.78 is 19.0. The standard InChI is InChI=1S/C15H21FO2/c1-9(2)6-10(3)14-8-13(17)12-5-4-11(16)7-15(12)18-14/h4-5,7,9-10,13-14,17H,6,8H2,1-3H3. The summed E-state index contributed by atoms with van der Waals surface area (Å²) in [5, 5.41) is 10.1. The van der Waals surface area contributed by atoms with E-state index in [1.807, 2.05) is 0 Å². The largest absolute Gasteiger partial charge is 0.490 e. The first-order valence-electron chi connectivity index (χ1n) is 6.61. The molecule has 0 bridgehead atoms. The molecule has 0 saturated heterocycles. The lowest BCUT2D eigenvalue weighted by atomic mass is 9.87. The zero-order valence-electron chi connectivity index (χ0n) is 11.2. The fourth-order valence-electron chi connectivity index (χ4n) is 2.69. The minimum absolute atomic E-state index is 0.0308. The van der Waals surface area contributed by atoms with Crippen molar-refractivity contribution >= 4 is 0 Å². The zero-order chi connectivity index (χ0) is 13.3. The number of benzene rings is 1. The summed E-state index contributed by atoms with van der Waals surface area (Å²) >= 11 is 0. The van der Waals surface area contributed by atoms with Crippen molar-refractivity contribution in [3.63, 3.8) is 0 Å². The van der Waals surface area contributed by atoms with Gasteiger partial charge in [-0.1, -0.05) is 20.8 Å². The minimum Gasteiger partial charge on any atom is -0.490 e. The summed E-state index contributed by atoms with van der Waals surface area (Å²) in [6.45, 7) is 6.47. The monoisotopic (exact) mass is 252 g/mol. The van der Waals surface area contributed by atoms with Crippen molar-refractivity contribution in [2.24, 2.45) is 11.8 Å². The van der Waals surface area contributed by atoms with Crippen LogP contribution in [0.3, 0.4) is 0 Å². The van der Waals surface area contributed by atoms with Gasteiger partial charge in [-0.15, -0.1) is 0 Å². The fraction of sp³-hybridized carbons (Fsp3) is 0.600. The molecule has 3 heteroatoms. The number of aliphatic hydroxyl groups excluding tert-OH is 1. The van der Waals surface area contributed by atoms with Crippen LogP contribution in [0.2, 0.25) is 0 Å². The highest BCUT2D eigenvalue weighted by Gasteiger charge is 2.30.